The molecule has 0 aliphatic carbocycles. The van der Waals surface area contributed by atoms with Crippen LogP contribution in [-0.2, 0) is 24.3 Å². The van der Waals surface area contributed by atoms with Crippen molar-refractivity contribution in [1.29, 1.82) is 0 Å². The topological polar surface area (TPSA) is 119 Å². The second kappa shape index (κ2) is 9.06. The smallest absolute Gasteiger partial charge is 0.272 e. The molecule has 1 saturated heterocycles. The lowest BCUT2D eigenvalue weighted by Gasteiger charge is -2.26. The van der Waals surface area contributed by atoms with Gasteiger partial charge in [-0.15, -0.1) is 12.4 Å². The summed E-state index contributed by atoms with van der Waals surface area (Å²) >= 11 is 0. The molecule has 0 bridgehead atoms. The van der Waals surface area contributed by atoms with Gasteiger partial charge in [0.15, 0.2) is 5.69 Å². The molecule has 1 aromatic carbocycles. The van der Waals surface area contributed by atoms with Crippen molar-refractivity contribution in [3.8, 4) is 0 Å². The highest BCUT2D eigenvalue weighted by Crippen LogP contribution is 2.15. The maximum absolute atomic E-state index is 12.5. The van der Waals surface area contributed by atoms with E-state index in [4.69, 9.17) is 0 Å². The van der Waals surface area contributed by atoms with Crippen molar-refractivity contribution in [2.75, 3.05) is 26.2 Å². The van der Waals surface area contributed by atoms with Gasteiger partial charge in [0, 0.05) is 56.0 Å². The van der Waals surface area contributed by atoms with E-state index in [1.54, 1.807) is 24.3 Å². The number of nitrogens with zero attached hydrogens (tertiary/aromatic N) is 2. The number of H-pyrrole nitrogens is 1. The molecule has 4 N–H and O–H groups in total. The van der Waals surface area contributed by atoms with E-state index in [2.05, 4.69) is 26.1 Å². The number of nitrogens with one attached hydrogen (secondary N) is 4. The minimum Gasteiger partial charge on any atom is -0.353 e. The molecular formula is C19H23ClN6O3. The van der Waals surface area contributed by atoms with Gasteiger partial charge in [-0.25, -0.2) is 0 Å². The number of piperazine rings is 1. The van der Waals surface area contributed by atoms with Gasteiger partial charge < -0.3 is 20.9 Å². The summed E-state index contributed by atoms with van der Waals surface area (Å²) in [7, 11) is 0. The average Bonchev–Trinajstić information content (AvgIpc) is 3.16. The summed E-state index contributed by atoms with van der Waals surface area (Å²) in [5, 5.41) is 15.9. The summed E-state index contributed by atoms with van der Waals surface area (Å²) in [6, 6.07) is 7.05. The maximum Gasteiger partial charge on any atom is 0.272 e. The molecule has 0 spiro atoms. The third-order valence-electron chi connectivity index (χ3n) is 5.00. The van der Waals surface area contributed by atoms with Crippen molar-refractivity contribution in [2.45, 2.75) is 19.5 Å². The predicted molar refractivity (Wildman–Crippen MR) is 108 cm³/mol. The Bertz CT molecular complexity index is 911. The summed E-state index contributed by atoms with van der Waals surface area (Å²) in [5.41, 5.74) is 3.77. The molecule has 0 unspecified atom stereocenters. The van der Waals surface area contributed by atoms with Gasteiger partial charge in [0.2, 0.25) is 5.91 Å². The van der Waals surface area contributed by atoms with Gasteiger partial charge in [0.1, 0.15) is 0 Å². The van der Waals surface area contributed by atoms with Gasteiger partial charge in [0.25, 0.3) is 11.8 Å². The number of hydrogen-bond acceptors (Lipinski definition) is 5. The molecule has 2 aliphatic rings. The molecule has 9 nitrogen and oxygen atoms in total. The van der Waals surface area contributed by atoms with Crippen LogP contribution < -0.4 is 16.0 Å². The molecule has 154 valence electrons. The zero-order valence-electron chi connectivity index (χ0n) is 15.8. The number of aromatic amines is 1. The van der Waals surface area contributed by atoms with Crippen LogP contribution in [-0.4, -0.2) is 59.0 Å². The number of fused-ring (bicyclic) bond motifs is 1. The highest BCUT2D eigenvalue weighted by molar-refractivity contribution is 5.97. The summed E-state index contributed by atoms with van der Waals surface area (Å²) < 4.78 is 0. The van der Waals surface area contributed by atoms with Gasteiger partial charge in [0.05, 0.1) is 6.54 Å². The summed E-state index contributed by atoms with van der Waals surface area (Å²) in [4.78, 5) is 37.9. The van der Waals surface area contributed by atoms with Gasteiger partial charge >= 0.3 is 0 Å². The zero-order chi connectivity index (χ0) is 19.5. The highest BCUT2D eigenvalue weighted by atomic mass is 35.5. The van der Waals surface area contributed by atoms with Crippen molar-refractivity contribution < 1.29 is 14.4 Å². The number of halogens is 1. The van der Waals surface area contributed by atoms with E-state index in [0.717, 1.165) is 29.8 Å². The zero-order valence-corrected chi connectivity index (χ0v) is 16.6. The van der Waals surface area contributed by atoms with Crippen LogP contribution in [0.5, 0.6) is 0 Å². The summed E-state index contributed by atoms with van der Waals surface area (Å²) in [6.45, 7) is 2.92. The highest BCUT2D eigenvalue weighted by Gasteiger charge is 2.23. The normalized spacial score (nSPS) is 15.7. The summed E-state index contributed by atoms with van der Waals surface area (Å²) in [5.74, 6) is -0.531. The number of carbonyl (C=O) groups is 3. The Morgan fingerprint density at radius 3 is 2.72 bits per heavy atom. The standard InChI is InChI=1S/C19H22N6O3.ClH/c26-16-11-25(8-7-21-16)19(28)13-3-1-12(2-4-13)9-22-18(27)17-14-10-20-6-5-15(14)23-24-17;/h1-4,20H,5-11H2,(H,21,26)(H,22,27)(H,23,24);1H. The van der Waals surface area contributed by atoms with E-state index in [1.165, 1.54) is 4.90 Å². The molecule has 0 saturated carbocycles. The third-order valence-corrected chi connectivity index (χ3v) is 5.00. The number of hydrogen-bond donors (Lipinski definition) is 4. The molecule has 1 aromatic heterocycles. The van der Waals surface area contributed by atoms with Crippen molar-refractivity contribution in [1.82, 2.24) is 31.0 Å². The predicted octanol–water partition coefficient (Wildman–Crippen LogP) is -0.0208. The van der Waals surface area contributed by atoms with Gasteiger partial charge in [-0.05, 0) is 17.7 Å². The molecule has 1 fully saturated rings. The monoisotopic (exact) mass is 418 g/mol. The van der Waals surface area contributed by atoms with Gasteiger partial charge in [-0.3, -0.25) is 19.5 Å². The lowest BCUT2D eigenvalue weighted by Crippen LogP contribution is -2.49. The van der Waals surface area contributed by atoms with Crippen molar-refractivity contribution in [3.05, 3.63) is 52.3 Å². The van der Waals surface area contributed by atoms with Gasteiger partial charge in [-0.2, -0.15) is 5.10 Å². The van der Waals surface area contributed by atoms with Crippen molar-refractivity contribution >= 4 is 30.1 Å². The first-order valence-electron chi connectivity index (χ1n) is 9.32. The van der Waals surface area contributed by atoms with Crippen molar-refractivity contribution in [2.24, 2.45) is 0 Å². The lowest BCUT2D eigenvalue weighted by atomic mass is 10.1. The van der Waals surface area contributed by atoms with E-state index in [0.29, 0.717) is 37.4 Å². The van der Waals surface area contributed by atoms with Crippen LogP contribution in [0.1, 0.15) is 37.7 Å². The van der Waals surface area contributed by atoms with Gasteiger partial charge in [-0.1, -0.05) is 12.1 Å². The third kappa shape index (κ3) is 4.57. The fourth-order valence-electron chi connectivity index (χ4n) is 3.44. The van der Waals surface area contributed by atoms with E-state index < -0.39 is 0 Å². The first-order valence-corrected chi connectivity index (χ1v) is 9.32. The minimum absolute atomic E-state index is 0. The van der Waals surface area contributed by atoms with E-state index in [-0.39, 0.29) is 36.7 Å². The fraction of sp³-hybridized carbons (Fsp3) is 0.368. The number of benzene rings is 1. The van der Waals surface area contributed by atoms with Crippen LogP contribution >= 0.6 is 12.4 Å². The molecule has 0 atom stereocenters. The quantitative estimate of drug-likeness (QED) is 0.556. The van der Waals surface area contributed by atoms with E-state index in [1.807, 2.05) is 0 Å². The van der Waals surface area contributed by atoms with Crippen LogP contribution in [0, 0.1) is 0 Å². The molecule has 4 rings (SSSR count). The lowest BCUT2D eigenvalue weighted by molar-refractivity contribution is -0.123. The molecule has 10 heteroatoms. The fourth-order valence-corrected chi connectivity index (χ4v) is 3.44. The Hall–Kier alpha value is -2.91. The Morgan fingerprint density at radius 2 is 1.97 bits per heavy atom. The van der Waals surface area contributed by atoms with E-state index >= 15 is 0 Å². The minimum atomic E-state index is -0.222. The van der Waals surface area contributed by atoms with Crippen LogP contribution in [0.3, 0.4) is 0 Å². The first-order chi connectivity index (χ1) is 13.6. The number of aromatic nitrogens is 2. The van der Waals surface area contributed by atoms with Crippen LogP contribution in [0.25, 0.3) is 0 Å². The molecule has 2 aliphatic heterocycles. The maximum atomic E-state index is 12.5. The number of amides is 3. The first kappa shape index (κ1) is 20.8. The average molecular weight is 419 g/mol. The molecular weight excluding hydrogens is 396 g/mol. The number of carbonyl (C=O) groups excluding carboxylic acids is 3. The van der Waals surface area contributed by atoms with Crippen molar-refractivity contribution in [3.63, 3.8) is 0 Å². The Kier molecular flexibility index (Phi) is 6.50. The molecule has 3 heterocycles. The molecule has 29 heavy (non-hydrogen) atoms. The second-order valence-corrected chi connectivity index (χ2v) is 6.91. The second-order valence-electron chi connectivity index (χ2n) is 6.91. The van der Waals surface area contributed by atoms with E-state index in [9.17, 15) is 14.4 Å². The van der Waals surface area contributed by atoms with Crippen LogP contribution in [0.2, 0.25) is 0 Å². The van der Waals surface area contributed by atoms with Crippen LogP contribution in [0.4, 0.5) is 0 Å². The Morgan fingerprint density at radius 1 is 1.17 bits per heavy atom. The van der Waals surface area contributed by atoms with Crippen LogP contribution in [0.15, 0.2) is 24.3 Å². The largest absolute Gasteiger partial charge is 0.353 e. The number of rotatable bonds is 4. The molecule has 3 amide bonds. The summed E-state index contributed by atoms with van der Waals surface area (Å²) in [6.07, 6.45) is 0.837. The Balaban J connectivity index is 0.00000240. The SMILES string of the molecule is Cl.O=C1CN(C(=O)c2ccc(CNC(=O)c3n[nH]c4c3CNCC4)cc2)CCN1. The Labute approximate surface area is 174 Å². The molecule has 2 aromatic rings. The molecule has 0 radical (unpaired) electrons.